The van der Waals surface area contributed by atoms with Crippen LogP contribution in [0, 0.1) is 5.82 Å². The highest BCUT2D eigenvalue weighted by Crippen LogP contribution is 2.23. The first kappa shape index (κ1) is 14.4. The lowest BCUT2D eigenvalue weighted by molar-refractivity contribution is 0.196. The minimum Gasteiger partial charge on any atom is -0.306 e. The average molecular weight is 286 g/mol. The number of piperidine rings is 1. The van der Waals surface area contributed by atoms with E-state index in [1.165, 1.54) is 22.5 Å². The van der Waals surface area contributed by atoms with Gasteiger partial charge in [-0.05, 0) is 39.1 Å². The van der Waals surface area contributed by atoms with Gasteiger partial charge < -0.3 is 4.90 Å². The number of rotatable bonds is 3. The molecule has 1 aliphatic heterocycles. The van der Waals surface area contributed by atoms with Gasteiger partial charge in [0.25, 0.3) is 0 Å². The number of halogens is 1. The van der Waals surface area contributed by atoms with Crippen LogP contribution in [0.5, 0.6) is 0 Å². The maximum absolute atomic E-state index is 13.6. The van der Waals surface area contributed by atoms with Gasteiger partial charge in [0.2, 0.25) is 10.0 Å². The molecule has 0 unspecified atom stereocenters. The number of nitrogens with zero attached hydrogens (tertiary/aromatic N) is 2. The fourth-order valence-corrected chi connectivity index (χ4v) is 3.93. The van der Waals surface area contributed by atoms with Crippen LogP contribution < -0.4 is 0 Å². The molecule has 4 nitrogen and oxygen atoms in total. The molecule has 0 radical (unpaired) electrons. The monoisotopic (exact) mass is 286 g/mol. The molecule has 1 aromatic rings. The molecular formula is C13H19FN2O2S. The Hall–Kier alpha value is -0.980. The maximum Gasteiger partial charge on any atom is 0.245 e. The zero-order valence-electron chi connectivity index (χ0n) is 11.2. The van der Waals surface area contributed by atoms with E-state index in [9.17, 15) is 12.8 Å². The van der Waals surface area contributed by atoms with E-state index in [1.807, 2.05) is 14.1 Å². The molecule has 1 heterocycles. The van der Waals surface area contributed by atoms with Crippen LogP contribution in [-0.2, 0) is 10.0 Å². The van der Waals surface area contributed by atoms with E-state index in [1.54, 1.807) is 6.07 Å². The smallest absolute Gasteiger partial charge is 0.245 e. The molecule has 0 N–H and O–H groups in total. The Morgan fingerprint density at radius 1 is 1.21 bits per heavy atom. The summed E-state index contributed by atoms with van der Waals surface area (Å²) in [6.07, 6.45) is 1.56. The molecule has 0 saturated carbocycles. The van der Waals surface area contributed by atoms with E-state index in [2.05, 4.69) is 4.90 Å². The van der Waals surface area contributed by atoms with Crippen LogP contribution in [0.1, 0.15) is 12.8 Å². The first-order chi connectivity index (χ1) is 8.93. The minimum atomic E-state index is -3.70. The molecule has 0 bridgehead atoms. The number of hydrogen-bond acceptors (Lipinski definition) is 3. The number of sulfonamides is 1. The van der Waals surface area contributed by atoms with Crippen LogP contribution in [0.25, 0.3) is 0 Å². The summed E-state index contributed by atoms with van der Waals surface area (Å²) in [5.74, 6) is -0.683. The summed E-state index contributed by atoms with van der Waals surface area (Å²) in [7, 11) is 0.281. The summed E-state index contributed by atoms with van der Waals surface area (Å²) in [5.41, 5.74) is 0. The van der Waals surface area contributed by atoms with Gasteiger partial charge in [0.15, 0.2) is 0 Å². The third kappa shape index (κ3) is 2.96. The van der Waals surface area contributed by atoms with Gasteiger partial charge in [0, 0.05) is 19.1 Å². The van der Waals surface area contributed by atoms with Crippen molar-refractivity contribution in [2.75, 3.05) is 27.2 Å². The lowest BCUT2D eigenvalue weighted by atomic mass is 10.1. The van der Waals surface area contributed by atoms with Gasteiger partial charge in [0.1, 0.15) is 10.7 Å². The molecule has 1 aliphatic rings. The van der Waals surface area contributed by atoms with E-state index >= 15 is 0 Å². The minimum absolute atomic E-state index is 0.224. The first-order valence-electron chi connectivity index (χ1n) is 6.34. The Labute approximate surface area is 113 Å². The second-order valence-electron chi connectivity index (χ2n) is 5.03. The Morgan fingerprint density at radius 3 is 2.32 bits per heavy atom. The molecule has 1 fully saturated rings. The van der Waals surface area contributed by atoms with Crippen molar-refractivity contribution in [1.82, 2.24) is 9.21 Å². The van der Waals surface area contributed by atoms with E-state index in [0.717, 1.165) is 12.8 Å². The quantitative estimate of drug-likeness (QED) is 0.846. The topological polar surface area (TPSA) is 40.6 Å². The molecule has 19 heavy (non-hydrogen) atoms. The molecule has 106 valence electrons. The van der Waals surface area contributed by atoms with Gasteiger partial charge in [0.05, 0.1) is 0 Å². The van der Waals surface area contributed by atoms with Crippen LogP contribution in [0.4, 0.5) is 4.39 Å². The van der Waals surface area contributed by atoms with Crippen molar-refractivity contribution in [2.45, 2.75) is 23.8 Å². The van der Waals surface area contributed by atoms with Crippen molar-refractivity contribution in [3.8, 4) is 0 Å². The Bertz CT molecular complexity index is 537. The maximum atomic E-state index is 13.6. The second-order valence-corrected chi connectivity index (χ2v) is 6.94. The van der Waals surface area contributed by atoms with Crippen LogP contribution in [0.15, 0.2) is 29.2 Å². The van der Waals surface area contributed by atoms with Crippen molar-refractivity contribution < 1.29 is 12.8 Å². The van der Waals surface area contributed by atoms with Gasteiger partial charge in [-0.25, -0.2) is 12.8 Å². The highest BCUT2D eigenvalue weighted by atomic mass is 32.2. The molecule has 0 aliphatic carbocycles. The number of benzene rings is 1. The van der Waals surface area contributed by atoms with Gasteiger partial charge in [-0.1, -0.05) is 12.1 Å². The first-order valence-corrected chi connectivity index (χ1v) is 7.78. The lowest BCUT2D eigenvalue weighted by Crippen LogP contribution is -2.44. The Kier molecular flexibility index (Phi) is 4.23. The van der Waals surface area contributed by atoms with E-state index in [0.29, 0.717) is 19.1 Å². The van der Waals surface area contributed by atoms with Gasteiger partial charge in [-0.3, -0.25) is 0 Å². The molecule has 0 amide bonds. The van der Waals surface area contributed by atoms with Crippen LogP contribution in [0.3, 0.4) is 0 Å². The summed E-state index contributed by atoms with van der Waals surface area (Å²) < 4.78 is 39.7. The van der Waals surface area contributed by atoms with Crippen molar-refractivity contribution >= 4 is 10.0 Å². The molecule has 1 aromatic carbocycles. The fraction of sp³-hybridized carbons (Fsp3) is 0.538. The lowest BCUT2D eigenvalue weighted by Gasteiger charge is -2.34. The predicted octanol–water partition coefficient (Wildman–Crippen LogP) is 1.54. The van der Waals surface area contributed by atoms with E-state index < -0.39 is 15.8 Å². The third-order valence-corrected chi connectivity index (χ3v) is 5.54. The standard InChI is InChI=1S/C13H19FN2O2S/c1-15(2)11-7-9-16(10-8-11)19(17,18)13-6-4-3-5-12(13)14/h3-6,11H,7-10H2,1-2H3. The highest BCUT2D eigenvalue weighted by molar-refractivity contribution is 7.89. The zero-order chi connectivity index (χ0) is 14.0. The predicted molar refractivity (Wildman–Crippen MR) is 71.9 cm³/mol. The van der Waals surface area contributed by atoms with E-state index in [-0.39, 0.29) is 4.90 Å². The van der Waals surface area contributed by atoms with Gasteiger partial charge >= 0.3 is 0 Å². The van der Waals surface area contributed by atoms with Crippen molar-refractivity contribution in [1.29, 1.82) is 0 Å². The molecule has 0 atom stereocenters. The van der Waals surface area contributed by atoms with Crippen molar-refractivity contribution in [3.63, 3.8) is 0 Å². The third-order valence-electron chi connectivity index (χ3n) is 3.61. The molecule has 0 spiro atoms. The molecule has 1 saturated heterocycles. The summed E-state index contributed by atoms with van der Waals surface area (Å²) in [4.78, 5) is 1.88. The molecule has 2 rings (SSSR count). The second kappa shape index (κ2) is 5.56. The summed E-state index contributed by atoms with van der Waals surface area (Å²) >= 11 is 0. The summed E-state index contributed by atoms with van der Waals surface area (Å²) in [6.45, 7) is 0.888. The molecular weight excluding hydrogens is 267 g/mol. The van der Waals surface area contributed by atoms with Crippen molar-refractivity contribution in [2.24, 2.45) is 0 Å². The van der Waals surface area contributed by atoms with Crippen molar-refractivity contribution in [3.05, 3.63) is 30.1 Å². The molecule has 6 heteroatoms. The number of hydrogen-bond donors (Lipinski definition) is 0. The van der Waals surface area contributed by atoms with Gasteiger partial charge in [-0.2, -0.15) is 4.31 Å². The van der Waals surface area contributed by atoms with Crippen LogP contribution >= 0.6 is 0 Å². The van der Waals surface area contributed by atoms with Crippen LogP contribution in [-0.4, -0.2) is 50.8 Å². The summed E-state index contributed by atoms with van der Waals surface area (Å²) in [6, 6.07) is 5.93. The van der Waals surface area contributed by atoms with E-state index in [4.69, 9.17) is 0 Å². The van der Waals surface area contributed by atoms with Gasteiger partial charge in [-0.15, -0.1) is 0 Å². The normalized spacial score (nSPS) is 18.9. The summed E-state index contributed by atoms with van der Waals surface area (Å²) in [5, 5.41) is 0. The Morgan fingerprint density at radius 2 is 1.79 bits per heavy atom. The van der Waals surface area contributed by atoms with Crippen LogP contribution in [0.2, 0.25) is 0 Å². The SMILES string of the molecule is CN(C)C1CCN(S(=O)(=O)c2ccccc2F)CC1. The largest absolute Gasteiger partial charge is 0.306 e. The molecule has 0 aromatic heterocycles. The average Bonchev–Trinajstić information content (AvgIpc) is 2.39. The zero-order valence-corrected chi connectivity index (χ0v) is 12.0. The fourth-order valence-electron chi connectivity index (χ4n) is 2.39. The highest BCUT2D eigenvalue weighted by Gasteiger charge is 2.31. The Balaban J connectivity index is 2.17.